The van der Waals surface area contributed by atoms with Crippen LogP contribution in [0.15, 0.2) is 53.5 Å². The zero-order valence-corrected chi connectivity index (χ0v) is 16.3. The molecule has 4 aromatic rings. The Balaban J connectivity index is 1.70. The summed E-state index contributed by atoms with van der Waals surface area (Å²) in [6.07, 6.45) is 1.43. The molecule has 2 aromatic carbocycles. The second kappa shape index (κ2) is 7.14. The quantitative estimate of drug-likeness (QED) is 0.519. The van der Waals surface area contributed by atoms with Crippen molar-refractivity contribution in [2.75, 3.05) is 12.4 Å². The van der Waals surface area contributed by atoms with Crippen molar-refractivity contribution in [3.05, 3.63) is 75.1 Å². The Morgan fingerprint density at radius 2 is 1.93 bits per heavy atom. The van der Waals surface area contributed by atoms with Crippen molar-refractivity contribution in [1.29, 1.82) is 0 Å². The standard InChI is InChI=1S/C21H15FN2O4S/c1-24-10-15(19(25)14-9-12(22)3-5-16(14)24)20(26)23-13-4-6-17-11(7-13)8-18(29-17)21(27)28-2/h3-10H,1-2H3,(H,23,26). The lowest BCUT2D eigenvalue weighted by atomic mass is 10.1. The lowest BCUT2D eigenvalue weighted by Gasteiger charge is -2.10. The minimum atomic E-state index is -0.598. The van der Waals surface area contributed by atoms with E-state index in [2.05, 4.69) is 5.32 Å². The molecular formula is C21H15FN2O4S. The van der Waals surface area contributed by atoms with Gasteiger partial charge in [-0.1, -0.05) is 0 Å². The minimum absolute atomic E-state index is 0.0914. The number of nitrogens with one attached hydrogen (secondary N) is 1. The Labute approximate surface area is 168 Å². The van der Waals surface area contributed by atoms with Crippen molar-refractivity contribution in [1.82, 2.24) is 4.57 Å². The third-order valence-electron chi connectivity index (χ3n) is 4.56. The van der Waals surface area contributed by atoms with Gasteiger partial charge in [0.25, 0.3) is 5.91 Å². The number of ether oxygens (including phenoxy) is 1. The second-order valence-corrected chi connectivity index (χ2v) is 7.54. The van der Waals surface area contributed by atoms with Crippen molar-refractivity contribution in [3.63, 3.8) is 0 Å². The van der Waals surface area contributed by atoms with Crippen LogP contribution in [-0.2, 0) is 11.8 Å². The Hall–Kier alpha value is -3.52. The van der Waals surface area contributed by atoms with Crippen LogP contribution in [0.1, 0.15) is 20.0 Å². The average molecular weight is 410 g/mol. The molecule has 0 radical (unpaired) electrons. The first-order chi connectivity index (χ1) is 13.9. The van der Waals surface area contributed by atoms with Gasteiger partial charge in [-0.05, 0) is 47.9 Å². The van der Waals surface area contributed by atoms with Gasteiger partial charge in [0.05, 0.1) is 12.6 Å². The van der Waals surface area contributed by atoms with Crippen LogP contribution in [0.2, 0.25) is 0 Å². The molecule has 1 amide bonds. The molecule has 0 aliphatic rings. The van der Waals surface area contributed by atoms with E-state index < -0.39 is 23.1 Å². The van der Waals surface area contributed by atoms with E-state index >= 15 is 0 Å². The summed E-state index contributed by atoms with van der Waals surface area (Å²) in [5, 5.41) is 3.59. The topological polar surface area (TPSA) is 77.4 Å². The summed E-state index contributed by atoms with van der Waals surface area (Å²) < 4.78 is 20.8. The number of rotatable bonds is 3. The van der Waals surface area contributed by atoms with E-state index in [1.165, 1.54) is 36.8 Å². The lowest BCUT2D eigenvalue weighted by molar-refractivity contribution is 0.0606. The zero-order chi connectivity index (χ0) is 20.7. The molecule has 6 nitrogen and oxygen atoms in total. The van der Waals surface area contributed by atoms with Crippen molar-refractivity contribution in [2.24, 2.45) is 7.05 Å². The number of pyridine rings is 1. The number of carbonyl (C=O) groups is 2. The van der Waals surface area contributed by atoms with Crippen molar-refractivity contribution in [2.45, 2.75) is 0 Å². The number of nitrogens with zero attached hydrogens (tertiary/aromatic N) is 1. The number of benzene rings is 2. The van der Waals surface area contributed by atoms with Crippen LogP contribution in [0.4, 0.5) is 10.1 Å². The van der Waals surface area contributed by atoms with Gasteiger partial charge in [-0.3, -0.25) is 9.59 Å². The maximum atomic E-state index is 13.6. The highest BCUT2D eigenvalue weighted by molar-refractivity contribution is 7.20. The van der Waals surface area contributed by atoms with E-state index in [0.29, 0.717) is 16.1 Å². The van der Waals surface area contributed by atoms with Crippen LogP contribution in [0.5, 0.6) is 0 Å². The number of carbonyl (C=O) groups excluding carboxylic acids is 2. The molecule has 0 fully saturated rings. The molecule has 0 atom stereocenters. The average Bonchev–Trinajstić information content (AvgIpc) is 3.13. The number of aryl methyl sites for hydroxylation is 1. The minimum Gasteiger partial charge on any atom is -0.465 e. The van der Waals surface area contributed by atoms with Gasteiger partial charge in [-0.25, -0.2) is 9.18 Å². The second-order valence-electron chi connectivity index (χ2n) is 6.45. The van der Waals surface area contributed by atoms with Crippen LogP contribution in [0.3, 0.4) is 0 Å². The van der Waals surface area contributed by atoms with Crippen molar-refractivity contribution in [3.8, 4) is 0 Å². The van der Waals surface area contributed by atoms with Crippen LogP contribution >= 0.6 is 11.3 Å². The molecular weight excluding hydrogens is 395 g/mol. The molecule has 4 rings (SSSR count). The highest BCUT2D eigenvalue weighted by Gasteiger charge is 2.16. The molecule has 0 aliphatic heterocycles. The van der Waals surface area contributed by atoms with E-state index in [1.54, 1.807) is 35.9 Å². The maximum Gasteiger partial charge on any atom is 0.348 e. The fourth-order valence-corrected chi connectivity index (χ4v) is 4.11. The van der Waals surface area contributed by atoms with E-state index in [9.17, 15) is 18.8 Å². The number of esters is 1. The molecule has 0 spiro atoms. The van der Waals surface area contributed by atoms with Crippen LogP contribution < -0.4 is 10.7 Å². The Bertz CT molecular complexity index is 1360. The third-order valence-corrected chi connectivity index (χ3v) is 5.65. The first kappa shape index (κ1) is 18.8. The molecule has 0 saturated heterocycles. The SMILES string of the molecule is COC(=O)c1cc2cc(NC(=O)c3cn(C)c4ccc(F)cc4c3=O)ccc2s1. The molecule has 0 bridgehead atoms. The number of halogens is 1. The number of amides is 1. The number of anilines is 1. The monoisotopic (exact) mass is 410 g/mol. The summed E-state index contributed by atoms with van der Waals surface area (Å²) in [6, 6.07) is 10.7. The molecule has 0 saturated carbocycles. The molecule has 0 unspecified atom stereocenters. The smallest absolute Gasteiger partial charge is 0.348 e. The largest absolute Gasteiger partial charge is 0.465 e. The third kappa shape index (κ3) is 3.38. The number of hydrogen-bond donors (Lipinski definition) is 1. The van der Waals surface area contributed by atoms with Crippen LogP contribution in [0.25, 0.3) is 21.0 Å². The molecule has 0 aliphatic carbocycles. The summed E-state index contributed by atoms with van der Waals surface area (Å²) in [5.74, 6) is -1.57. The molecule has 146 valence electrons. The number of hydrogen-bond acceptors (Lipinski definition) is 5. The fourth-order valence-electron chi connectivity index (χ4n) is 3.15. The van der Waals surface area contributed by atoms with Gasteiger partial charge >= 0.3 is 5.97 Å². The Morgan fingerprint density at radius 3 is 2.69 bits per heavy atom. The van der Waals surface area contributed by atoms with E-state index in [0.717, 1.165) is 16.2 Å². The number of methoxy groups -OCH3 is 1. The summed E-state index contributed by atoms with van der Waals surface area (Å²) in [6.45, 7) is 0. The Morgan fingerprint density at radius 1 is 1.14 bits per heavy atom. The predicted octanol–water partition coefficient (Wildman–Crippen LogP) is 3.93. The predicted molar refractivity (Wildman–Crippen MR) is 110 cm³/mol. The molecule has 29 heavy (non-hydrogen) atoms. The molecule has 8 heteroatoms. The first-order valence-corrected chi connectivity index (χ1v) is 9.41. The summed E-state index contributed by atoms with van der Waals surface area (Å²) in [4.78, 5) is 37.6. The number of aromatic nitrogens is 1. The highest BCUT2D eigenvalue weighted by Crippen LogP contribution is 2.28. The van der Waals surface area contributed by atoms with Gasteiger partial charge in [-0.15, -0.1) is 11.3 Å². The van der Waals surface area contributed by atoms with E-state index in [4.69, 9.17) is 4.74 Å². The van der Waals surface area contributed by atoms with Crippen molar-refractivity contribution < 1.29 is 18.7 Å². The van der Waals surface area contributed by atoms with Gasteiger partial charge in [-0.2, -0.15) is 0 Å². The van der Waals surface area contributed by atoms with Crippen molar-refractivity contribution >= 4 is 49.9 Å². The number of fused-ring (bicyclic) bond motifs is 2. The number of thiophene rings is 1. The molecule has 1 N–H and O–H groups in total. The summed E-state index contributed by atoms with van der Waals surface area (Å²) in [7, 11) is 3.00. The van der Waals surface area contributed by atoms with Gasteiger partial charge in [0.15, 0.2) is 0 Å². The molecule has 2 heterocycles. The maximum absolute atomic E-state index is 13.6. The van der Waals surface area contributed by atoms with Gasteiger partial charge < -0.3 is 14.6 Å². The lowest BCUT2D eigenvalue weighted by Crippen LogP contribution is -2.23. The summed E-state index contributed by atoms with van der Waals surface area (Å²) in [5.41, 5.74) is 0.368. The van der Waals surface area contributed by atoms with Gasteiger partial charge in [0.2, 0.25) is 5.43 Å². The van der Waals surface area contributed by atoms with Crippen LogP contribution in [0, 0.1) is 5.82 Å². The van der Waals surface area contributed by atoms with Gasteiger partial charge in [0.1, 0.15) is 16.3 Å². The van der Waals surface area contributed by atoms with Gasteiger partial charge in [0, 0.05) is 29.0 Å². The molecule has 2 aromatic heterocycles. The highest BCUT2D eigenvalue weighted by atomic mass is 32.1. The van der Waals surface area contributed by atoms with E-state index in [1.807, 2.05) is 0 Å². The Kier molecular flexibility index (Phi) is 4.63. The fraction of sp³-hybridized carbons (Fsp3) is 0.0952. The summed E-state index contributed by atoms with van der Waals surface area (Å²) >= 11 is 1.28. The van der Waals surface area contributed by atoms with E-state index in [-0.39, 0.29) is 10.9 Å². The zero-order valence-electron chi connectivity index (χ0n) is 15.5. The first-order valence-electron chi connectivity index (χ1n) is 8.59. The normalized spacial score (nSPS) is 11.0. The van der Waals surface area contributed by atoms with Crippen LogP contribution in [-0.4, -0.2) is 23.6 Å².